The van der Waals surface area contributed by atoms with Crippen molar-refractivity contribution < 1.29 is 9.13 Å². The SMILES string of the molecule is COc1ccc(F)c2cc(Br)nn12. The monoisotopic (exact) mass is 244 g/mol. The van der Waals surface area contributed by atoms with Gasteiger partial charge in [-0.25, -0.2) is 4.39 Å². The van der Waals surface area contributed by atoms with Gasteiger partial charge in [-0.3, -0.25) is 0 Å². The fourth-order valence-corrected chi connectivity index (χ4v) is 1.52. The van der Waals surface area contributed by atoms with Crippen LogP contribution in [0.5, 0.6) is 5.88 Å². The lowest BCUT2D eigenvalue weighted by Crippen LogP contribution is -1.96. The summed E-state index contributed by atoms with van der Waals surface area (Å²) >= 11 is 3.17. The topological polar surface area (TPSA) is 26.5 Å². The molecule has 0 amide bonds. The number of nitrogens with zero attached hydrogens (tertiary/aromatic N) is 2. The van der Waals surface area contributed by atoms with Crippen molar-refractivity contribution in [2.45, 2.75) is 0 Å². The second-order valence-electron chi connectivity index (χ2n) is 2.49. The fourth-order valence-electron chi connectivity index (χ4n) is 1.15. The highest BCUT2D eigenvalue weighted by atomic mass is 79.9. The first-order valence-electron chi connectivity index (χ1n) is 3.60. The number of hydrogen-bond donors (Lipinski definition) is 0. The molecule has 2 aromatic rings. The molecule has 3 nitrogen and oxygen atoms in total. The van der Waals surface area contributed by atoms with Crippen molar-refractivity contribution in [1.29, 1.82) is 0 Å². The zero-order chi connectivity index (χ0) is 9.42. The smallest absolute Gasteiger partial charge is 0.214 e. The average Bonchev–Trinajstić information content (AvgIpc) is 2.48. The van der Waals surface area contributed by atoms with Crippen LogP contribution in [0.2, 0.25) is 0 Å². The standard InChI is InChI=1S/C8H6BrFN2O/c1-13-8-3-2-5(10)6-4-7(9)11-12(6)8/h2-4H,1H3. The van der Waals surface area contributed by atoms with Gasteiger partial charge in [0.2, 0.25) is 5.88 Å². The maximum atomic E-state index is 13.2. The van der Waals surface area contributed by atoms with Crippen LogP contribution in [-0.4, -0.2) is 16.7 Å². The number of methoxy groups -OCH3 is 1. The van der Waals surface area contributed by atoms with Crippen LogP contribution in [0, 0.1) is 5.82 Å². The summed E-state index contributed by atoms with van der Waals surface area (Å²) in [5, 5.41) is 4.01. The first kappa shape index (κ1) is 8.50. The fraction of sp³-hybridized carbons (Fsp3) is 0.125. The van der Waals surface area contributed by atoms with Crippen LogP contribution in [0.15, 0.2) is 22.8 Å². The molecule has 0 aliphatic carbocycles. The molecule has 0 bridgehead atoms. The average molecular weight is 245 g/mol. The predicted molar refractivity (Wildman–Crippen MR) is 49.4 cm³/mol. The largest absolute Gasteiger partial charge is 0.481 e. The Morgan fingerprint density at radius 2 is 2.31 bits per heavy atom. The Kier molecular flexibility index (Phi) is 1.95. The van der Waals surface area contributed by atoms with Crippen LogP contribution in [0.3, 0.4) is 0 Å². The minimum absolute atomic E-state index is 0.320. The third-order valence-electron chi connectivity index (χ3n) is 1.71. The van der Waals surface area contributed by atoms with E-state index in [1.165, 1.54) is 23.8 Å². The van der Waals surface area contributed by atoms with Gasteiger partial charge in [-0.2, -0.15) is 9.61 Å². The highest BCUT2D eigenvalue weighted by molar-refractivity contribution is 9.10. The molecule has 2 rings (SSSR count). The van der Waals surface area contributed by atoms with E-state index in [1.54, 1.807) is 6.07 Å². The third-order valence-corrected chi connectivity index (χ3v) is 2.10. The molecule has 0 saturated heterocycles. The molecule has 2 heterocycles. The van der Waals surface area contributed by atoms with Gasteiger partial charge in [0.15, 0.2) is 0 Å². The van der Waals surface area contributed by atoms with Gasteiger partial charge in [-0.15, -0.1) is 0 Å². The quantitative estimate of drug-likeness (QED) is 0.770. The molecule has 0 saturated carbocycles. The Labute approximate surface area is 82.2 Å². The van der Waals surface area contributed by atoms with E-state index in [-0.39, 0.29) is 5.82 Å². The molecule has 0 atom stereocenters. The second kappa shape index (κ2) is 2.99. The van der Waals surface area contributed by atoms with Crippen molar-refractivity contribution in [3.8, 4) is 5.88 Å². The van der Waals surface area contributed by atoms with E-state index in [9.17, 15) is 4.39 Å². The number of ether oxygens (including phenoxy) is 1. The lowest BCUT2D eigenvalue weighted by molar-refractivity contribution is 0.383. The van der Waals surface area contributed by atoms with Crippen molar-refractivity contribution in [3.05, 3.63) is 28.6 Å². The number of aromatic nitrogens is 2. The number of fused-ring (bicyclic) bond motifs is 1. The van der Waals surface area contributed by atoms with E-state index in [1.807, 2.05) is 0 Å². The first-order chi connectivity index (χ1) is 6.22. The van der Waals surface area contributed by atoms with E-state index in [4.69, 9.17) is 4.74 Å². The maximum Gasteiger partial charge on any atom is 0.214 e. The molecular formula is C8H6BrFN2O. The number of halogens is 2. The van der Waals surface area contributed by atoms with Crippen molar-refractivity contribution in [3.63, 3.8) is 0 Å². The lowest BCUT2D eigenvalue weighted by atomic mass is 10.4. The molecule has 0 fully saturated rings. The summed E-state index contributed by atoms with van der Waals surface area (Å²) in [4.78, 5) is 0. The Hall–Kier alpha value is -1.10. The van der Waals surface area contributed by atoms with Crippen LogP contribution in [0.4, 0.5) is 4.39 Å². The molecule has 13 heavy (non-hydrogen) atoms. The Bertz CT molecular complexity index is 455. The summed E-state index contributed by atoms with van der Waals surface area (Å²) in [7, 11) is 1.52. The van der Waals surface area contributed by atoms with E-state index in [2.05, 4.69) is 21.0 Å². The van der Waals surface area contributed by atoms with Gasteiger partial charge >= 0.3 is 0 Å². The van der Waals surface area contributed by atoms with Crippen molar-refractivity contribution in [2.75, 3.05) is 7.11 Å². The zero-order valence-electron chi connectivity index (χ0n) is 6.79. The molecule has 5 heteroatoms. The van der Waals surface area contributed by atoms with Crippen LogP contribution in [0.1, 0.15) is 0 Å². The minimum atomic E-state index is -0.320. The number of hydrogen-bond acceptors (Lipinski definition) is 2. The Morgan fingerprint density at radius 3 is 3.00 bits per heavy atom. The summed E-state index contributed by atoms with van der Waals surface area (Å²) in [5.41, 5.74) is 0.395. The van der Waals surface area contributed by atoms with E-state index in [0.29, 0.717) is 16.0 Å². The molecule has 2 aromatic heterocycles. The highest BCUT2D eigenvalue weighted by Crippen LogP contribution is 2.20. The van der Waals surface area contributed by atoms with Crippen LogP contribution < -0.4 is 4.74 Å². The van der Waals surface area contributed by atoms with Gasteiger partial charge in [0, 0.05) is 12.1 Å². The van der Waals surface area contributed by atoms with Crippen molar-refractivity contribution in [1.82, 2.24) is 9.61 Å². The summed E-state index contributed by atoms with van der Waals surface area (Å²) < 4.78 is 20.2. The van der Waals surface area contributed by atoms with Crippen molar-refractivity contribution >= 4 is 21.4 Å². The number of pyridine rings is 1. The number of rotatable bonds is 1. The molecule has 0 radical (unpaired) electrons. The van der Waals surface area contributed by atoms with Crippen molar-refractivity contribution in [2.24, 2.45) is 0 Å². The molecular weight excluding hydrogens is 239 g/mol. The Balaban J connectivity index is 2.83. The minimum Gasteiger partial charge on any atom is -0.481 e. The maximum absolute atomic E-state index is 13.2. The van der Waals surface area contributed by atoms with Gasteiger partial charge in [0.25, 0.3) is 0 Å². The van der Waals surface area contributed by atoms with Gasteiger partial charge in [-0.1, -0.05) is 0 Å². The van der Waals surface area contributed by atoms with Gasteiger partial charge < -0.3 is 4.74 Å². The summed E-state index contributed by atoms with van der Waals surface area (Å²) in [6.07, 6.45) is 0. The molecule has 0 unspecified atom stereocenters. The molecule has 0 N–H and O–H groups in total. The second-order valence-corrected chi connectivity index (χ2v) is 3.30. The third kappa shape index (κ3) is 1.29. The summed E-state index contributed by atoms with van der Waals surface area (Å²) in [5.74, 6) is 0.182. The Morgan fingerprint density at radius 1 is 1.54 bits per heavy atom. The van der Waals surface area contributed by atoms with Gasteiger partial charge in [-0.05, 0) is 22.0 Å². The zero-order valence-corrected chi connectivity index (χ0v) is 8.38. The molecule has 0 aliphatic rings. The predicted octanol–water partition coefficient (Wildman–Crippen LogP) is 2.24. The summed E-state index contributed by atoms with van der Waals surface area (Å²) in [6.45, 7) is 0. The van der Waals surface area contributed by atoms with Gasteiger partial charge in [0.05, 0.1) is 7.11 Å². The normalized spacial score (nSPS) is 10.7. The van der Waals surface area contributed by atoms with E-state index < -0.39 is 0 Å². The highest BCUT2D eigenvalue weighted by Gasteiger charge is 2.08. The molecule has 0 aromatic carbocycles. The summed E-state index contributed by atoms with van der Waals surface area (Å²) in [6, 6.07) is 4.47. The van der Waals surface area contributed by atoms with Gasteiger partial charge in [0.1, 0.15) is 15.9 Å². The van der Waals surface area contributed by atoms with E-state index in [0.717, 1.165) is 0 Å². The van der Waals surface area contributed by atoms with E-state index >= 15 is 0 Å². The molecule has 68 valence electrons. The van der Waals surface area contributed by atoms with Crippen LogP contribution in [0.25, 0.3) is 5.52 Å². The van der Waals surface area contributed by atoms with Crippen LogP contribution in [-0.2, 0) is 0 Å². The first-order valence-corrected chi connectivity index (χ1v) is 4.39. The molecule has 0 aliphatic heterocycles. The molecule has 0 spiro atoms. The lowest BCUT2D eigenvalue weighted by Gasteiger charge is -2.02. The van der Waals surface area contributed by atoms with Crippen LogP contribution >= 0.6 is 15.9 Å².